The van der Waals surface area contributed by atoms with Gasteiger partial charge in [0.2, 0.25) is 0 Å². The Hall–Kier alpha value is 0.270. The van der Waals surface area contributed by atoms with Crippen molar-refractivity contribution >= 4 is 11.8 Å². The lowest BCUT2D eigenvalue weighted by Gasteiger charge is -2.07. The SMILES string of the molecule is CCOCCSCC(N)CC. The van der Waals surface area contributed by atoms with Crippen molar-refractivity contribution in [1.82, 2.24) is 0 Å². The maximum Gasteiger partial charge on any atom is 0.0556 e. The van der Waals surface area contributed by atoms with Gasteiger partial charge in [0.15, 0.2) is 0 Å². The quantitative estimate of drug-likeness (QED) is 0.598. The number of thioether (sulfide) groups is 1. The van der Waals surface area contributed by atoms with Crippen LogP contribution in [0, 0.1) is 0 Å². The van der Waals surface area contributed by atoms with Crippen LogP contribution in [0.5, 0.6) is 0 Å². The van der Waals surface area contributed by atoms with Gasteiger partial charge in [-0.3, -0.25) is 0 Å². The Morgan fingerprint density at radius 3 is 2.73 bits per heavy atom. The lowest BCUT2D eigenvalue weighted by Crippen LogP contribution is -2.21. The van der Waals surface area contributed by atoms with Gasteiger partial charge in [-0.2, -0.15) is 11.8 Å². The van der Waals surface area contributed by atoms with Crippen molar-refractivity contribution in [2.45, 2.75) is 26.3 Å². The van der Waals surface area contributed by atoms with Gasteiger partial charge in [0.1, 0.15) is 0 Å². The van der Waals surface area contributed by atoms with Gasteiger partial charge in [0.25, 0.3) is 0 Å². The van der Waals surface area contributed by atoms with E-state index < -0.39 is 0 Å². The summed E-state index contributed by atoms with van der Waals surface area (Å²) < 4.78 is 5.19. The lowest BCUT2D eigenvalue weighted by molar-refractivity contribution is 0.164. The van der Waals surface area contributed by atoms with Crippen molar-refractivity contribution in [2.24, 2.45) is 5.73 Å². The van der Waals surface area contributed by atoms with Gasteiger partial charge in [0.05, 0.1) is 6.61 Å². The van der Waals surface area contributed by atoms with Crippen LogP contribution in [-0.4, -0.2) is 30.8 Å². The molecule has 0 aromatic rings. The Balaban J connectivity index is 2.89. The molecule has 0 aliphatic carbocycles. The zero-order valence-electron chi connectivity index (χ0n) is 7.51. The molecule has 0 aliphatic rings. The summed E-state index contributed by atoms with van der Waals surface area (Å²) in [6.45, 7) is 5.81. The van der Waals surface area contributed by atoms with Crippen molar-refractivity contribution in [3.63, 3.8) is 0 Å². The fraction of sp³-hybridized carbons (Fsp3) is 1.00. The summed E-state index contributed by atoms with van der Waals surface area (Å²) in [5, 5.41) is 0. The minimum Gasteiger partial charge on any atom is -0.381 e. The summed E-state index contributed by atoms with van der Waals surface area (Å²) in [6.07, 6.45) is 1.07. The molecule has 1 unspecified atom stereocenters. The van der Waals surface area contributed by atoms with Crippen molar-refractivity contribution in [2.75, 3.05) is 24.7 Å². The van der Waals surface area contributed by atoms with E-state index in [1.165, 1.54) is 0 Å². The van der Waals surface area contributed by atoms with Gasteiger partial charge < -0.3 is 10.5 Å². The van der Waals surface area contributed by atoms with E-state index in [1.807, 2.05) is 18.7 Å². The highest BCUT2D eigenvalue weighted by Crippen LogP contribution is 2.02. The molecule has 0 aromatic heterocycles. The summed E-state index contributed by atoms with van der Waals surface area (Å²) in [5.41, 5.74) is 5.73. The van der Waals surface area contributed by atoms with Gasteiger partial charge in [-0.15, -0.1) is 0 Å². The van der Waals surface area contributed by atoms with Crippen molar-refractivity contribution < 1.29 is 4.74 Å². The summed E-state index contributed by atoms with van der Waals surface area (Å²) in [7, 11) is 0. The maximum atomic E-state index is 5.73. The third kappa shape index (κ3) is 8.17. The van der Waals surface area contributed by atoms with E-state index in [-0.39, 0.29) is 0 Å². The minimum absolute atomic E-state index is 0.363. The van der Waals surface area contributed by atoms with Gasteiger partial charge in [0, 0.05) is 24.2 Å². The van der Waals surface area contributed by atoms with E-state index in [4.69, 9.17) is 10.5 Å². The molecule has 0 fully saturated rings. The first-order chi connectivity index (χ1) is 5.31. The number of rotatable bonds is 7. The van der Waals surface area contributed by atoms with Gasteiger partial charge in [-0.1, -0.05) is 6.92 Å². The smallest absolute Gasteiger partial charge is 0.0556 e. The Kier molecular flexibility index (Phi) is 8.57. The Morgan fingerprint density at radius 1 is 1.45 bits per heavy atom. The van der Waals surface area contributed by atoms with E-state index in [2.05, 4.69) is 6.92 Å². The molecule has 0 rings (SSSR count). The third-order valence-corrected chi connectivity index (χ3v) is 2.55. The van der Waals surface area contributed by atoms with E-state index in [0.29, 0.717) is 6.04 Å². The molecule has 3 heteroatoms. The number of hydrogen-bond donors (Lipinski definition) is 1. The lowest BCUT2D eigenvalue weighted by atomic mass is 10.3. The van der Waals surface area contributed by atoms with Crippen LogP contribution in [0.25, 0.3) is 0 Å². The summed E-state index contributed by atoms with van der Waals surface area (Å²) >= 11 is 1.88. The Morgan fingerprint density at radius 2 is 2.18 bits per heavy atom. The zero-order valence-corrected chi connectivity index (χ0v) is 8.32. The molecule has 0 heterocycles. The molecule has 11 heavy (non-hydrogen) atoms. The normalized spacial score (nSPS) is 13.4. The van der Waals surface area contributed by atoms with Crippen molar-refractivity contribution in [1.29, 1.82) is 0 Å². The standard InChI is InChI=1S/C8H19NOS/c1-3-8(9)7-11-6-5-10-4-2/h8H,3-7,9H2,1-2H3. The van der Waals surface area contributed by atoms with E-state index in [1.54, 1.807) is 0 Å². The van der Waals surface area contributed by atoms with Gasteiger partial charge in [-0.05, 0) is 13.3 Å². The number of ether oxygens (including phenoxy) is 1. The summed E-state index contributed by atoms with van der Waals surface area (Å²) in [6, 6.07) is 0.363. The molecule has 0 spiro atoms. The topological polar surface area (TPSA) is 35.2 Å². The molecule has 0 radical (unpaired) electrons. The first-order valence-corrected chi connectivity index (χ1v) is 5.37. The fourth-order valence-corrected chi connectivity index (χ4v) is 1.56. The minimum atomic E-state index is 0.363. The van der Waals surface area contributed by atoms with Gasteiger partial charge in [-0.25, -0.2) is 0 Å². The largest absolute Gasteiger partial charge is 0.381 e. The number of hydrogen-bond acceptors (Lipinski definition) is 3. The molecule has 1 atom stereocenters. The van der Waals surface area contributed by atoms with E-state index in [9.17, 15) is 0 Å². The average Bonchev–Trinajstić information content (AvgIpc) is 2.04. The first kappa shape index (κ1) is 11.3. The zero-order chi connectivity index (χ0) is 8.53. The van der Waals surface area contributed by atoms with Crippen LogP contribution in [-0.2, 0) is 4.74 Å². The molecule has 0 aliphatic heterocycles. The summed E-state index contributed by atoms with van der Waals surface area (Å²) in [5.74, 6) is 2.13. The molecular formula is C8H19NOS. The van der Waals surface area contributed by atoms with Crippen LogP contribution in [0.15, 0.2) is 0 Å². The molecule has 0 saturated carbocycles. The fourth-order valence-electron chi connectivity index (χ4n) is 0.615. The number of nitrogens with two attached hydrogens (primary N) is 1. The van der Waals surface area contributed by atoms with Crippen molar-refractivity contribution in [3.05, 3.63) is 0 Å². The van der Waals surface area contributed by atoms with Crippen LogP contribution < -0.4 is 5.73 Å². The second-order valence-electron chi connectivity index (χ2n) is 2.44. The van der Waals surface area contributed by atoms with Crippen LogP contribution in [0.4, 0.5) is 0 Å². The predicted molar refractivity (Wildman–Crippen MR) is 52.1 cm³/mol. The molecule has 2 N–H and O–H groups in total. The Labute approximate surface area is 73.9 Å². The molecule has 0 bridgehead atoms. The molecule has 2 nitrogen and oxygen atoms in total. The van der Waals surface area contributed by atoms with E-state index in [0.717, 1.165) is 31.1 Å². The molecular weight excluding hydrogens is 158 g/mol. The second-order valence-corrected chi connectivity index (χ2v) is 3.59. The maximum absolute atomic E-state index is 5.73. The van der Waals surface area contributed by atoms with Crippen molar-refractivity contribution in [3.8, 4) is 0 Å². The van der Waals surface area contributed by atoms with Crippen LogP contribution in [0.1, 0.15) is 20.3 Å². The first-order valence-electron chi connectivity index (χ1n) is 4.22. The highest BCUT2D eigenvalue weighted by Gasteiger charge is 1.97. The molecule has 68 valence electrons. The third-order valence-electron chi connectivity index (χ3n) is 1.43. The predicted octanol–water partition coefficient (Wildman–Crippen LogP) is 1.49. The highest BCUT2D eigenvalue weighted by molar-refractivity contribution is 7.99. The highest BCUT2D eigenvalue weighted by atomic mass is 32.2. The molecule has 0 saturated heterocycles. The average molecular weight is 177 g/mol. The van der Waals surface area contributed by atoms with Crippen LogP contribution in [0.3, 0.4) is 0 Å². The monoisotopic (exact) mass is 177 g/mol. The van der Waals surface area contributed by atoms with E-state index >= 15 is 0 Å². The van der Waals surface area contributed by atoms with Crippen LogP contribution in [0.2, 0.25) is 0 Å². The van der Waals surface area contributed by atoms with Gasteiger partial charge >= 0.3 is 0 Å². The molecule has 0 amide bonds. The Bertz CT molecular complexity index is 80.5. The molecule has 0 aromatic carbocycles. The second kappa shape index (κ2) is 8.37. The summed E-state index contributed by atoms with van der Waals surface area (Å²) in [4.78, 5) is 0. The van der Waals surface area contributed by atoms with Crippen LogP contribution >= 0.6 is 11.8 Å².